The normalized spacial score (nSPS) is 15.1. The van der Waals surface area contributed by atoms with Crippen LogP contribution in [0.25, 0.3) is 5.69 Å². The molecule has 1 N–H and O–H groups in total. The van der Waals surface area contributed by atoms with Crippen LogP contribution in [0.1, 0.15) is 26.3 Å². The number of nitrogens with zero attached hydrogens (tertiary/aromatic N) is 9. The summed E-state index contributed by atoms with van der Waals surface area (Å²) in [5.74, 6) is -1.65. The van der Waals surface area contributed by atoms with Crippen LogP contribution in [0.3, 0.4) is 0 Å². The van der Waals surface area contributed by atoms with Gasteiger partial charge in [-0.25, -0.2) is 27.6 Å². The highest BCUT2D eigenvalue weighted by Gasteiger charge is 2.47. The minimum atomic E-state index is -2.05. The fourth-order valence-electron chi connectivity index (χ4n) is 4.92. The largest absolute Gasteiger partial charge is 1.00 e. The number of anilines is 1. The van der Waals surface area contributed by atoms with E-state index in [0.29, 0.717) is 24.0 Å². The van der Waals surface area contributed by atoms with Crippen molar-refractivity contribution < 1.29 is 61.5 Å². The van der Waals surface area contributed by atoms with Crippen LogP contribution >= 0.6 is 0 Å². The van der Waals surface area contributed by atoms with Crippen molar-refractivity contribution in [2.75, 3.05) is 24.6 Å². The predicted octanol–water partition coefficient (Wildman–Crippen LogP) is -0.586. The Bertz CT molecular complexity index is 1610. The Kier molecular flexibility index (Phi) is 10.6. The van der Waals surface area contributed by atoms with Gasteiger partial charge in [-0.3, -0.25) is 4.90 Å². The van der Waals surface area contributed by atoms with E-state index in [-0.39, 0.29) is 61.9 Å². The molecule has 0 spiro atoms. The molecule has 1 fully saturated rings. The fraction of sp³-hybridized carbons (Fsp3) is 0.393. The van der Waals surface area contributed by atoms with Gasteiger partial charge in [0, 0.05) is 35.5 Å². The number of benzene rings is 2. The van der Waals surface area contributed by atoms with Crippen molar-refractivity contribution in [1.29, 1.82) is 0 Å². The van der Waals surface area contributed by atoms with E-state index in [0.717, 1.165) is 12.1 Å². The molecular weight excluding hydrogens is 707 g/mol. The van der Waals surface area contributed by atoms with Gasteiger partial charge in [0.25, 0.3) is 6.33 Å². The van der Waals surface area contributed by atoms with E-state index in [2.05, 4.69) is 20.6 Å². The summed E-state index contributed by atoms with van der Waals surface area (Å²) in [6, 6.07) is 8.50. The second kappa shape index (κ2) is 14.2. The molecule has 17 heteroatoms. The quantitative estimate of drug-likeness (QED) is 0.121. The van der Waals surface area contributed by atoms with Gasteiger partial charge in [-0.1, -0.05) is 19.9 Å². The van der Waals surface area contributed by atoms with E-state index < -0.39 is 35.5 Å². The standard InChI is InChI=1S/C28H32F2N9O5.HI/c1-19(2)13-43-27(41)44-18-35-16-32-36(17-35)14-28(42,24-9-4-21(29)12-25(24)30)20(3)37-10-11-38(26(37)40)22-5-7-23(8-6-22)39-15-31-33-34-39;/h4-9,12,15-17,19-20,42H,10-11,13-14,18H2,1-3H3;1H/q+1;/p-1/t20-,28-;/m1./s1. The van der Waals surface area contributed by atoms with Gasteiger partial charge in [-0.15, -0.1) is 9.78 Å². The van der Waals surface area contributed by atoms with Gasteiger partial charge in [0.05, 0.1) is 18.3 Å². The molecule has 3 heterocycles. The summed E-state index contributed by atoms with van der Waals surface area (Å²) >= 11 is 0. The molecule has 1 aliphatic rings. The number of urea groups is 1. The highest BCUT2D eigenvalue weighted by Crippen LogP contribution is 2.35. The average molecular weight is 740 g/mol. The lowest BCUT2D eigenvalue weighted by Crippen LogP contribution is -3.00. The predicted molar refractivity (Wildman–Crippen MR) is 148 cm³/mol. The molecule has 5 rings (SSSR count). The van der Waals surface area contributed by atoms with Crippen LogP contribution in [-0.4, -0.2) is 77.9 Å². The molecule has 0 radical (unpaired) electrons. The molecule has 240 valence electrons. The molecule has 2 aromatic heterocycles. The Morgan fingerprint density at radius 2 is 1.82 bits per heavy atom. The van der Waals surface area contributed by atoms with Crippen LogP contribution in [-0.2, 0) is 28.4 Å². The lowest BCUT2D eigenvalue weighted by atomic mass is 9.85. The Hall–Kier alpha value is -4.26. The third-order valence-electron chi connectivity index (χ3n) is 7.27. The van der Waals surface area contributed by atoms with Crippen LogP contribution in [0.2, 0.25) is 0 Å². The molecule has 0 saturated carbocycles. The number of halogens is 3. The van der Waals surface area contributed by atoms with Crippen molar-refractivity contribution in [3.05, 3.63) is 78.6 Å². The molecule has 0 bridgehead atoms. The summed E-state index contributed by atoms with van der Waals surface area (Å²) in [6.07, 6.45) is 3.40. The summed E-state index contributed by atoms with van der Waals surface area (Å²) < 4.78 is 43.3. The van der Waals surface area contributed by atoms with E-state index in [1.165, 1.54) is 37.8 Å². The van der Waals surface area contributed by atoms with Gasteiger partial charge in [-0.2, -0.15) is 0 Å². The first-order valence-corrected chi connectivity index (χ1v) is 13.9. The number of rotatable bonds is 11. The first kappa shape index (κ1) is 33.6. The minimum absolute atomic E-state index is 0. The molecule has 1 saturated heterocycles. The molecular formula is C28H32F2IN9O5. The molecule has 1 aliphatic heterocycles. The minimum Gasteiger partial charge on any atom is -1.00 e. The zero-order valence-electron chi connectivity index (χ0n) is 24.7. The van der Waals surface area contributed by atoms with E-state index in [4.69, 9.17) is 9.47 Å². The number of tetrazole rings is 1. The van der Waals surface area contributed by atoms with Gasteiger partial charge in [0.2, 0.25) is 13.1 Å². The SMILES string of the molecule is CC(C)COC(=O)OC[n+]1cnn(C[C@](O)(c2ccc(F)cc2F)[C@@H](C)N2CCN(c3ccc(-n4cnnn4)cc3)C2=O)c1.[I-]. The molecule has 45 heavy (non-hydrogen) atoms. The zero-order chi connectivity index (χ0) is 31.4. The second-order valence-corrected chi connectivity index (χ2v) is 10.8. The smallest absolute Gasteiger partial charge is 0.511 e. The number of aliphatic hydroxyl groups is 1. The van der Waals surface area contributed by atoms with Gasteiger partial charge < -0.3 is 43.5 Å². The van der Waals surface area contributed by atoms with E-state index in [1.807, 2.05) is 13.8 Å². The maximum Gasteiger partial charge on any atom is 0.511 e. The molecule has 2 amide bonds. The molecule has 0 aliphatic carbocycles. The number of carbonyl (C=O) groups excluding carboxylic acids is 2. The summed E-state index contributed by atoms with van der Waals surface area (Å²) in [7, 11) is 0. The van der Waals surface area contributed by atoms with E-state index in [1.54, 1.807) is 36.1 Å². The Balaban J connectivity index is 0.00000461. The highest BCUT2D eigenvalue weighted by molar-refractivity contribution is 5.94. The fourth-order valence-corrected chi connectivity index (χ4v) is 4.92. The van der Waals surface area contributed by atoms with Crippen molar-refractivity contribution in [3.8, 4) is 5.69 Å². The summed E-state index contributed by atoms with van der Waals surface area (Å²) in [4.78, 5) is 28.4. The Morgan fingerprint density at radius 1 is 1.09 bits per heavy atom. The van der Waals surface area contributed by atoms with Crippen molar-refractivity contribution >= 4 is 17.9 Å². The van der Waals surface area contributed by atoms with E-state index in [9.17, 15) is 19.1 Å². The Morgan fingerprint density at radius 3 is 2.49 bits per heavy atom. The number of aromatic nitrogens is 7. The van der Waals surface area contributed by atoms with E-state index >= 15 is 4.39 Å². The van der Waals surface area contributed by atoms with Crippen LogP contribution in [0.5, 0.6) is 0 Å². The second-order valence-electron chi connectivity index (χ2n) is 10.8. The number of ether oxygens (including phenoxy) is 2. The summed E-state index contributed by atoms with van der Waals surface area (Å²) in [6.45, 7) is 5.58. The third-order valence-corrected chi connectivity index (χ3v) is 7.27. The van der Waals surface area contributed by atoms with Crippen LogP contribution in [0.15, 0.2) is 61.4 Å². The van der Waals surface area contributed by atoms with Crippen LogP contribution in [0.4, 0.5) is 24.1 Å². The van der Waals surface area contributed by atoms with Crippen molar-refractivity contribution in [1.82, 2.24) is 34.9 Å². The van der Waals surface area contributed by atoms with Gasteiger partial charge in [-0.05, 0) is 53.6 Å². The number of carbonyl (C=O) groups is 2. The lowest BCUT2D eigenvalue weighted by Gasteiger charge is -2.38. The molecule has 4 aromatic rings. The lowest BCUT2D eigenvalue weighted by molar-refractivity contribution is -0.728. The maximum atomic E-state index is 15.2. The first-order valence-electron chi connectivity index (χ1n) is 13.9. The number of hydrogen-bond donors (Lipinski definition) is 1. The molecule has 14 nitrogen and oxygen atoms in total. The highest BCUT2D eigenvalue weighted by atomic mass is 127. The first-order chi connectivity index (χ1) is 21.0. The molecule has 2 atom stereocenters. The third kappa shape index (κ3) is 7.52. The number of hydrogen-bond acceptors (Lipinski definition) is 9. The van der Waals surface area contributed by atoms with Crippen molar-refractivity contribution in [2.24, 2.45) is 5.92 Å². The van der Waals surface area contributed by atoms with Gasteiger partial charge in [0.1, 0.15) is 30.1 Å². The van der Waals surface area contributed by atoms with Gasteiger partial charge >= 0.3 is 12.2 Å². The monoisotopic (exact) mass is 739 g/mol. The maximum absolute atomic E-state index is 15.2. The topological polar surface area (TPSA) is 145 Å². The summed E-state index contributed by atoms with van der Waals surface area (Å²) in [5, 5.41) is 27.4. The zero-order valence-corrected chi connectivity index (χ0v) is 26.9. The molecule has 2 aromatic carbocycles. The summed E-state index contributed by atoms with van der Waals surface area (Å²) in [5.41, 5.74) is -0.947. The molecule has 0 unspecified atom stereocenters. The van der Waals surface area contributed by atoms with Crippen molar-refractivity contribution in [3.63, 3.8) is 0 Å². The Labute approximate surface area is 274 Å². The van der Waals surface area contributed by atoms with Gasteiger partial charge in [0.15, 0.2) is 0 Å². The van der Waals surface area contributed by atoms with Crippen molar-refractivity contribution in [2.45, 2.75) is 45.7 Å². The van der Waals surface area contributed by atoms with Crippen LogP contribution < -0.4 is 33.4 Å². The average Bonchev–Trinajstić information content (AvgIpc) is 3.76. The number of amides is 2. The van der Waals surface area contributed by atoms with Crippen LogP contribution in [0, 0.1) is 17.6 Å².